The van der Waals surface area contributed by atoms with E-state index in [4.69, 9.17) is 14.5 Å². The van der Waals surface area contributed by atoms with E-state index >= 15 is 0 Å². The Kier molecular flexibility index (Phi) is 4.61. The van der Waals surface area contributed by atoms with Crippen molar-refractivity contribution in [3.8, 4) is 0 Å². The Labute approximate surface area is 166 Å². The molecule has 140 valence electrons. The van der Waals surface area contributed by atoms with E-state index in [1.54, 1.807) is 0 Å². The van der Waals surface area contributed by atoms with Crippen LogP contribution in [0, 0.1) is 0 Å². The van der Waals surface area contributed by atoms with Crippen LogP contribution in [0.4, 0.5) is 0 Å². The Morgan fingerprint density at radius 2 is 1.44 bits per heavy atom. The van der Waals surface area contributed by atoms with E-state index < -0.39 is 0 Å². The first-order chi connectivity index (χ1) is 12.8. The first kappa shape index (κ1) is 18.3. The van der Waals surface area contributed by atoms with Crippen LogP contribution < -0.4 is 8.92 Å². The molecule has 27 heavy (non-hydrogen) atoms. The molecular weight excluding hydrogens is 403 g/mol. The fourth-order valence-corrected chi connectivity index (χ4v) is 5.26. The second-order valence-electron chi connectivity index (χ2n) is 8.10. The fraction of sp³-hybridized carbons (Fsp3) is 0.364. The molecule has 0 amide bonds. The van der Waals surface area contributed by atoms with Crippen molar-refractivity contribution in [2.45, 2.75) is 38.8 Å². The van der Waals surface area contributed by atoms with Gasteiger partial charge in [-0.25, -0.2) is 0 Å². The van der Waals surface area contributed by atoms with E-state index in [1.165, 1.54) is 8.92 Å². The molecule has 0 bridgehead atoms. The van der Waals surface area contributed by atoms with Crippen LogP contribution in [0.2, 0.25) is 0 Å². The quantitative estimate of drug-likeness (QED) is 0.704. The summed E-state index contributed by atoms with van der Waals surface area (Å²) < 4.78 is 14.5. The Morgan fingerprint density at radius 1 is 0.852 bits per heavy atom. The topological polar surface area (TPSA) is 43.2 Å². The van der Waals surface area contributed by atoms with Gasteiger partial charge in [-0.2, -0.15) is 0 Å². The number of hydrogen-bond acceptors (Lipinski definition) is 4. The summed E-state index contributed by atoms with van der Waals surface area (Å²) in [5, 5.41) is 0. The maximum atomic E-state index is 6.08. The number of benzene rings is 2. The molecule has 0 unspecified atom stereocenters. The number of ether oxygens (including phenoxy) is 2. The fourth-order valence-electron chi connectivity index (χ4n) is 3.03. The van der Waals surface area contributed by atoms with E-state index in [0.29, 0.717) is 13.2 Å². The third-order valence-corrected chi connectivity index (χ3v) is 6.81. The van der Waals surface area contributed by atoms with E-state index in [-0.39, 0.29) is 26.1 Å². The molecule has 5 heteroatoms. The zero-order valence-corrected chi connectivity index (χ0v) is 17.9. The van der Waals surface area contributed by atoms with Crippen LogP contribution in [-0.2, 0) is 9.47 Å². The maximum absolute atomic E-state index is 6.08. The minimum absolute atomic E-state index is 0.0877. The van der Waals surface area contributed by atoms with Crippen molar-refractivity contribution in [3.05, 3.63) is 59.7 Å². The third-order valence-electron chi connectivity index (χ3n) is 4.40. The molecular formula is C22H24N2O2Se. The molecule has 0 radical (unpaired) electrons. The van der Waals surface area contributed by atoms with Crippen LogP contribution >= 0.6 is 0 Å². The average Bonchev–Trinajstić information content (AvgIpc) is 3.17. The summed E-state index contributed by atoms with van der Waals surface area (Å²) in [5.41, 5.74) is 1.79. The monoisotopic (exact) mass is 428 g/mol. The molecule has 0 N–H and O–H groups in total. The molecule has 2 aliphatic heterocycles. The summed E-state index contributed by atoms with van der Waals surface area (Å²) in [4.78, 5) is 9.40. The first-order valence-electron chi connectivity index (χ1n) is 9.16. The van der Waals surface area contributed by atoms with Gasteiger partial charge in [-0.15, -0.1) is 0 Å². The Balaban J connectivity index is 1.67. The van der Waals surface area contributed by atoms with E-state index in [1.807, 2.05) is 12.1 Å². The average molecular weight is 427 g/mol. The van der Waals surface area contributed by atoms with Crippen molar-refractivity contribution in [2.24, 2.45) is 9.98 Å². The summed E-state index contributed by atoms with van der Waals surface area (Å²) in [6.45, 7) is 9.66. The first-order valence-corrected chi connectivity index (χ1v) is 10.9. The van der Waals surface area contributed by atoms with Crippen LogP contribution in [0.25, 0.3) is 0 Å². The summed E-state index contributed by atoms with van der Waals surface area (Å²) >= 11 is 0.0877. The van der Waals surface area contributed by atoms with Crippen molar-refractivity contribution >= 4 is 35.7 Å². The van der Waals surface area contributed by atoms with Crippen molar-refractivity contribution in [1.82, 2.24) is 0 Å². The molecule has 0 atom stereocenters. The van der Waals surface area contributed by atoms with E-state index in [0.717, 1.165) is 22.9 Å². The van der Waals surface area contributed by atoms with Gasteiger partial charge < -0.3 is 0 Å². The molecule has 0 aromatic heterocycles. The van der Waals surface area contributed by atoms with Crippen LogP contribution in [0.15, 0.2) is 58.5 Å². The number of hydrogen-bond donors (Lipinski definition) is 0. The van der Waals surface area contributed by atoms with Gasteiger partial charge in [0.05, 0.1) is 0 Å². The second-order valence-corrected chi connectivity index (χ2v) is 10.4. The van der Waals surface area contributed by atoms with Gasteiger partial charge in [-0.1, -0.05) is 0 Å². The van der Waals surface area contributed by atoms with Gasteiger partial charge in [-0.3, -0.25) is 0 Å². The van der Waals surface area contributed by atoms with Crippen molar-refractivity contribution in [3.63, 3.8) is 0 Å². The zero-order valence-electron chi connectivity index (χ0n) is 16.2. The van der Waals surface area contributed by atoms with Gasteiger partial charge in [0.25, 0.3) is 0 Å². The van der Waals surface area contributed by atoms with Crippen LogP contribution in [0.5, 0.6) is 0 Å². The van der Waals surface area contributed by atoms with E-state index in [2.05, 4.69) is 69.1 Å². The van der Waals surface area contributed by atoms with Gasteiger partial charge in [0.15, 0.2) is 0 Å². The SMILES string of the molecule is CC1(C)COC(c2ccccc2[Se]c2ccccc2C2=NCC(C)(C)O2)=N1. The van der Waals surface area contributed by atoms with Crippen LogP contribution in [-0.4, -0.2) is 51.0 Å². The Bertz CT molecular complexity index is 931. The summed E-state index contributed by atoms with van der Waals surface area (Å²) in [7, 11) is 0. The van der Waals surface area contributed by atoms with Gasteiger partial charge in [0.1, 0.15) is 0 Å². The van der Waals surface area contributed by atoms with Gasteiger partial charge in [-0.05, 0) is 0 Å². The van der Waals surface area contributed by atoms with Gasteiger partial charge >= 0.3 is 167 Å². The molecule has 0 saturated heterocycles. The minimum atomic E-state index is -0.231. The van der Waals surface area contributed by atoms with Crippen LogP contribution in [0.1, 0.15) is 38.8 Å². The molecule has 4 nitrogen and oxygen atoms in total. The molecule has 0 aliphatic carbocycles. The number of rotatable bonds is 4. The van der Waals surface area contributed by atoms with Gasteiger partial charge in [0, 0.05) is 0 Å². The Hall–Kier alpha value is -2.10. The van der Waals surface area contributed by atoms with E-state index in [9.17, 15) is 0 Å². The molecule has 0 saturated carbocycles. The Morgan fingerprint density at radius 3 is 1.96 bits per heavy atom. The predicted octanol–water partition coefficient (Wildman–Crippen LogP) is 2.45. The van der Waals surface area contributed by atoms with Crippen LogP contribution in [0.3, 0.4) is 0 Å². The van der Waals surface area contributed by atoms with Gasteiger partial charge in [0.2, 0.25) is 0 Å². The predicted molar refractivity (Wildman–Crippen MR) is 111 cm³/mol. The standard InChI is InChI=1S/C22H24N2O2Se/c1-21(2)14-25-20(24-21)16-10-6-8-12-18(16)27-17-11-7-5-9-15(17)19-23-13-22(3,4)26-19/h5-12H,13-14H2,1-4H3. The summed E-state index contributed by atoms with van der Waals surface area (Å²) in [5.74, 6) is 1.51. The zero-order chi connectivity index (χ0) is 19.1. The molecule has 2 aromatic rings. The second kappa shape index (κ2) is 6.81. The number of aliphatic imine (C=N–C) groups is 2. The molecule has 2 aliphatic rings. The van der Waals surface area contributed by atoms with Crippen molar-refractivity contribution < 1.29 is 9.47 Å². The molecule has 4 rings (SSSR count). The third kappa shape index (κ3) is 3.95. The summed E-state index contributed by atoms with van der Waals surface area (Å²) in [6, 6.07) is 16.8. The van der Waals surface area contributed by atoms with Crippen molar-refractivity contribution in [2.75, 3.05) is 13.2 Å². The number of nitrogens with zero attached hydrogens (tertiary/aromatic N) is 2. The van der Waals surface area contributed by atoms with Crippen molar-refractivity contribution in [1.29, 1.82) is 0 Å². The normalized spacial score (nSPS) is 19.9. The molecule has 0 fully saturated rings. The summed E-state index contributed by atoms with van der Waals surface area (Å²) in [6.07, 6.45) is 0. The molecule has 2 aromatic carbocycles. The molecule has 2 heterocycles. The molecule has 0 spiro atoms.